The Morgan fingerprint density at radius 1 is 1.55 bits per heavy atom. The van der Waals surface area contributed by atoms with Gasteiger partial charge in [0.15, 0.2) is 5.78 Å². The number of nitrogens with zero attached hydrogens (tertiary/aromatic N) is 1. The van der Waals surface area contributed by atoms with Gasteiger partial charge >= 0.3 is 0 Å². The molecule has 0 aliphatic carbocycles. The van der Waals surface area contributed by atoms with Crippen LogP contribution in [-0.2, 0) is 9.59 Å². The van der Waals surface area contributed by atoms with Crippen LogP contribution in [0.5, 0.6) is 0 Å². The second-order valence-corrected chi connectivity index (χ2v) is 2.35. The summed E-state index contributed by atoms with van der Waals surface area (Å²) in [4.78, 5) is 22.9. The second-order valence-electron chi connectivity index (χ2n) is 2.12. The number of rotatable bonds is 4. The van der Waals surface area contributed by atoms with Crippen molar-refractivity contribution in [3.8, 4) is 0 Å². The molecule has 3 nitrogen and oxygen atoms in total. The minimum absolute atomic E-state index is 0.0994. The van der Waals surface area contributed by atoms with E-state index in [1.807, 2.05) is 6.92 Å². The van der Waals surface area contributed by atoms with Crippen LogP contribution in [0, 0.1) is 0 Å². The molecule has 0 saturated carbocycles. The normalized spacial score (nSPS) is 8.91. The summed E-state index contributed by atoms with van der Waals surface area (Å²) < 4.78 is 0. The molecular formula is C7H11NO2S. The van der Waals surface area contributed by atoms with Crippen LogP contribution in [0.1, 0.15) is 13.8 Å². The van der Waals surface area contributed by atoms with Gasteiger partial charge in [-0.3, -0.25) is 9.59 Å². The summed E-state index contributed by atoms with van der Waals surface area (Å²) >= 11 is 4.42. The third kappa shape index (κ3) is 3.83. The summed E-state index contributed by atoms with van der Waals surface area (Å²) in [5, 5.41) is 1.06. The number of amides is 1. The maximum atomic E-state index is 10.8. The van der Waals surface area contributed by atoms with Gasteiger partial charge in [0.25, 0.3) is 0 Å². The fourth-order valence-electron chi connectivity index (χ4n) is 0.671. The lowest BCUT2D eigenvalue weighted by atomic mass is 10.4. The Labute approximate surface area is 71.4 Å². The van der Waals surface area contributed by atoms with Crippen LogP contribution >= 0.6 is 12.2 Å². The molecule has 62 valence electrons. The first-order valence-electron chi connectivity index (χ1n) is 3.35. The first-order chi connectivity index (χ1) is 5.11. The quantitative estimate of drug-likeness (QED) is 0.578. The number of thiocarbonyl (C=S) groups is 1. The van der Waals surface area contributed by atoms with Crippen LogP contribution in [0.3, 0.4) is 0 Å². The lowest BCUT2D eigenvalue weighted by Crippen LogP contribution is -2.33. The number of hydrogen-bond donors (Lipinski definition) is 0. The van der Waals surface area contributed by atoms with E-state index in [0.29, 0.717) is 6.54 Å². The second kappa shape index (κ2) is 4.96. The van der Waals surface area contributed by atoms with Crippen LogP contribution in [-0.4, -0.2) is 35.0 Å². The van der Waals surface area contributed by atoms with Crippen molar-refractivity contribution in [2.24, 2.45) is 0 Å². The van der Waals surface area contributed by atoms with E-state index in [1.165, 1.54) is 11.8 Å². The van der Waals surface area contributed by atoms with Gasteiger partial charge in [0, 0.05) is 18.8 Å². The zero-order chi connectivity index (χ0) is 8.85. The van der Waals surface area contributed by atoms with E-state index in [4.69, 9.17) is 0 Å². The standard InChI is InChI=1S/C7H11NO2S/c1-3-8(6(2)9)4-7(10)5-11/h5H,3-4H2,1-2H3. The molecular weight excluding hydrogens is 162 g/mol. The van der Waals surface area contributed by atoms with E-state index in [0.717, 1.165) is 5.37 Å². The number of carbonyl (C=O) groups excluding carboxylic acids is 2. The Kier molecular flexibility index (Phi) is 4.61. The number of ketones is 1. The van der Waals surface area contributed by atoms with Crippen molar-refractivity contribution in [3.63, 3.8) is 0 Å². The molecule has 11 heavy (non-hydrogen) atoms. The highest BCUT2D eigenvalue weighted by molar-refractivity contribution is 7.80. The van der Waals surface area contributed by atoms with Gasteiger partial charge in [-0.1, -0.05) is 12.2 Å². The Morgan fingerprint density at radius 2 is 2.09 bits per heavy atom. The molecule has 0 rings (SSSR count). The van der Waals surface area contributed by atoms with Crippen molar-refractivity contribution in [3.05, 3.63) is 0 Å². The Hall–Kier alpha value is -0.770. The average molecular weight is 173 g/mol. The summed E-state index contributed by atoms with van der Waals surface area (Å²) in [5.41, 5.74) is 0. The smallest absolute Gasteiger partial charge is 0.219 e. The van der Waals surface area contributed by atoms with Gasteiger partial charge in [0.2, 0.25) is 5.91 Å². The maximum Gasteiger partial charge on any atom is 0.219 e. The van der Waals surface area contributed by atoms with Crippen LogP contribution < -0.4 is 0 Å². The summed E-state index contributed by atoms with van der Waals surface area (Å²) in [7, 11) is 0. The lowest BCUT2D eigenvalue weighted by Gasteiger charge is -2.15. The van der Waals surface area contributed by atoms with E-state index in [1.54, 1.807) is 0 Å². The molecule has 0 unspecified atom stereocenters. The minimum Gasteiger partial charge on any atom is -0.336 e. The Bertz CT molecular complexity index is 179. The topological polar surface area (TPSA) is 37.4 Å². The molecule has 0 radical (unpaired) electrons. The van der Waals surface area contributed by atoms with Crippen molar-refractivity contribution < 1.29 is 9.59 Å². The molecule has 0 aromatic carbocycles. The van der Waals surface area contributed by atoms with Crippen LogP contribution in [0.2, 0.25) is 0 Å². The molecule has 0 aromatic heterocycles. The van der Waals surface area contributed by atoms with Gasteiger partial charge < -0.3 is 4.90 Å². The number of likely N-dealkylation sites (N-methyl/N-ethyl adjacent to an activating group) is 1. The molecule has 0 bridgehead atoms. The molecule has 0 spiro atoms. The molecule has 0 aromatic rings. The van der Waals surface area contributed by atoms with Crippen molar-refractivity contribution >= 4 is 29.3 Å². The summed E-state index contributed by atoms with van der Waals surface area (Å²) in [6.45, 7) is 3.90. The summed E-state index contributed by atoms with van der Waals surface area (Å²) in [6, 6.07) is 0. The van der Waals surface area contributed by atoms with Gasteiger partial charge in [-0.15, -0.1) is 0 Å². The fraction of sp³-hybridized carbons (Fsp3) is 0.571. The Balaban J connectivity index is 3.97. The van der Waals surface area contributed by atoms with Gasteiger partial charge in [-0.2, -0.15) is 0 Å². The SMILES string of the molecule is CCN(CC(=O)C=S)C(C)=O. The fourth-order valence-corrected chi connectivity index (χ4v) is 0.746. The predicted octanol–water partition coefficient (Wildman–Crippen LogP) is 0.424. The van der Waals surface area contributed by atoms with E-state index >= 15 is 0 Å². The molecule has 0 saturated heterocycles. The highest BCUT2D eigenvalue weighted by Gasteiger charge is 2.08. The zero-order valence-corrected chi connectivity index (χ0v) is 7.48. The summed E-state index contributed by atoms with van der Waals surface area (Å²) in [5.74, 6) is -0.297. The van der Waals surface area contributed by atoms with Gasteiger partial charge in [0.1, 0.15) is 0 Å². The molecule has 0 aliphatic heterocycles. The Morgan fingerprint density at radius 3 is 2.36 bits per heavy atom. The van der Waals surface area contributed by atoms with Crippen LogP contribution in [0.25, 0.3) is 0 Å². The molecule has 0 N–H and O–H groups in total. The summed E-state index contributed by atoms with van der Waals surface area (Å²) in [6.07, 6.45) is 0. The predicted molar refractivity (Wildman–Crippen MR) is 46.6 cm³/mol. The maximum absolute atomic E-state index is 10.8. The van der Waals surface area contributed by atoms with Crippen molar-refractivity contribution in [2.45, 2.75) is 13.8 Å². The highest BCUT2D eigenvalue weighted by Crippen LogP contribution is 1.87. The van der Waals surface area contributed by atoms with E-state index < -0.39 is 0 Å². The molecule has 0 fully saturated rings. The molecule has 0 heterocycles. The molecule has 4 heteroatoms. The first kappa shape index (κ1) is 10.2. The van der Waals surface area contributed by atoms with Gasteiger partial charge in [-0.05, 0) is 6.92 Å². The van der Waals surface area contributed by atoms with E-state index in [2.05, 4.69) is 12.2 Å². The minimum atomic E-state index is -0.197. The number of carbonyl (C=O) groups is 2. The molecule has 0 atom stereocenters. The largest absolute Gasteiger partial charge is 0.336 e. The van der Waals surface area contributed by atoms with Crippen molar-refractivity contribution in [1.82, 2.24) is 4.90 Å². The number of hydrogen-bond acceptors (Lipinski definition) is 3. The zero-order valence-electron chi connectivity index (χ0n) is 6.66. The van der Waals surface area contributed by atoms with E-state index in [9.17, 15) is 9.59 Å². The third-order valence-electron chi connectivity index (χ3n) is 1.31. The van der Waals surface area contributed by atoms with Gasteiger partial charge in [-0.25, -0.2) is 0 Å². The first-order valence-corrected chi connectivity index (χ1v) is 3.82. The van der Waals surface area contributed by atoms with Gasteiger partial charge in [0.05, 0.1) is 6.54 Å². The monoisotopic (exact) mass is 173 g/mol. The lowest BCUT2D eigenvalue weighted by molar-refractivity contribution is -0.131. The van der Waals surface area contributed by atoms with E-state index in [-0.39, 0.29) is 18.2 Å². The number of Topliss-reactive ketones (excluding diaryl/α,β-unsaturated/α-hetero) is 1. The van der Waals surface area contributed by atoms with Crippen LogP contribution in [0.15, 0.2) is 0 Å². The average Bonchev–Trinajstić information content (AvgIpc) is 1.99. The molecule has 0 aliphatic rings. The van der Waals surface area contributed by atoms with Crippen LogP contribution in [0.4, 0.5) is 0 Å². The third-order valence-corrected chi connectivity index (χ3v) is 1.57. The van der Waals surface area contributed by atoms with Crippen molar-refractivity contribution in [2.75, 3.05) is 13.1 Å². The molecule has 1 amide bonds. The highest BCUT2D eigenvalue weighted by atomic mass is 32.1. The van der Waals surface area contributed by atoms with Crippen molar-refractivity contribution in [1.29, 1.82) is 0 Å².